The van der Waals surface area contributed by atoms with Crippen LogP contribution in [0, 0.1) is 6.92 Å². The van der Waals surface area contributed by atoms with Crippen molar-refractivity contribution in [3.63, 3.8) is 0 Å². The zero-order chi connectivity index (χ0) is 15.6. The number of hydrogen-bond donors (Lipinski definition) is 1. The first kappa shape index (κ1) is 16.0. The maximum Gasteiger partial charge on any atom is 0.119 e. The first-order chi connectivity index (χ1) is 9.89. The third-order valence-corrected chi connectivity index (χ3v) is 4.69. The van der Waals surface area contributed by atoms with Gasteiger partial charge in [-0.15, -0.1) is 0 Å². The molecule has 1 atom stereocenters. The van der Waals surface area contributed by atoms with Gasteiger partial charge in [0.2, 0.25) is 0 Å². The van der Waals surface area contributed by atoms with E-state index in [1.807, 2.05) is 49.7 Å². The van der Waals surface area contributed by atoms with Gasteiger partial charge >= 0.3 is 0 Å². The molecule has 0 spiro atoms. The molecule has 1 aromatic heterocycles. The number of hydrogen-bond acceptors (Lipinski definition) is 3. The second kappa shape index (κ2) is 6.20. The molecule has 1 unspecified atom stereocenters. The minimum absolute atomic E-state index is 0.482. The third kappa shape index (κ3) is 3.30. The molecular weight excluding hydrogens is 332 g/mol. The van der Waals surface area contributed by atoms with Crippen LogP contribution in [0.4, 0.5) is 0 Å². The molecule has 0 aliphatic carbocycles. The Balaban J connectivity index is 2.36. The van der Waals surface area contributed by atoms with Crippen LogP contribution in [0.1, 0.15) is 30.8 Å². The van der Waals surface area contributed by atoms with Gasteiger partial charge in [-0.05, 0) is 54.4 Å². The molecule has 1 N–H and O–H groups in total. The Hall–Kier alpha value is -1.33. The normalized spacial score (nSPS) is 14.0. The zero-order valence-electron chi connectivity index (χ0n) is 12.9. The van der Waals surface area contributed by atoms with Gasteiger partial charge in [-0.3, -0.25) is 4.68 Å². The summed E-state index contributed by atoms with van der Waals surface area (Å²) in [4.78, 5) is 0. The molecular formula is C16H21BrN2O2. The summed E-state index contributed by atoms with van der Waals surface area (Å²) in [5, 5.41) is 15.4. The highest BCUT2D eigenvalue weighted by atomic mass is 79.9. The number of ether oxygens (including phenoxy) is 1. The van der Waals surface area contributed by atoms with Crippen LogP contribution in [0.25, 0.3) is 0 Å². The molecule has 5 heteroatoms. The maximum atomic E-state index is 10.9. The number of benzene rings is 1. The molecule has 21 heavy (non-hydrogen) atoms. The molecule has 0 saturated heterocycles. The summed E-state index contributed by atoms with van der Waals surface area (Å²) in [6, 6.07) is 7.54. The standard InChI is InChI=1S/C16H21BrN2O2/c1-5-19-14(15(17)11(2)18-19)10-16(3,20)12-7-6-8-13(9-12)21-4/h6-9,20H,5,10H2,1-4H3. The Morgan fingerprint density at radius 2 is 2.14 bits per heavy atom. The maximum absolute atomic E-state index is 10.9. The molecule has 0 saturated carbocycles. The first-order valence-electron chi connectivity index (χ1n) is 6.97. The van der Waals surface area contributed by atoms with E-state index in [9.17, 15) is 5.11 Å². The minimum Gasteiger partial charge on any atom is -0.497 e. The summed E-state index contributed by atoms with van der Waals surface area (Å²) in [6.45, 7) is 6.59. The summed E-state index contributed by atoms with van der Waals surface area (Å²) in [5.41, 5.74) is 1.78. The van der Waals surface area contributed by atoms with E-state index in [0.717, 1.165) is 33.7 Å². The average molecular weight is 353 g/mol. The van der Waals surface area contributed by atoms with Crippen molar-refractivity contribution in [3.05, 3.63) is 45.7 Å². The Morgan fingerprint density at radius 3 is 2.76 bits per heavy atom. The van der Waals surface area contributed by atoms with E-state index in [2.05, 4.69) is 21.0 Å². The highest BCUT2D eigenvalue weighted by molar-refractivity contribution is 9.10. The Morgan fingerprint density at radius 1 is 1.43 bits per heavy atom. The summed E-state index contributed by atoms with van der Waals surface area (Å²) in [7, 11) is 1.62. The lowest BCUT2D eigenvalue weighted by molar-refractivity contribution is 0.0550. The van der Waals surface area contributed by atoms with Gasteiger partial charge in [-0.25, -0.2) is 0 Å². The van der Waals surface area contributed by atoms with Crippen LogP contribution in [-0.4, -0.2) is 22.0 Å². The molecule has 114 valence electrons. The van der Waals surface area contributed by atoms with Gasteiger partial charge in [-0.1, -0.05) is 12.1 Å². The number of rotatable bonds is 5. The number of aryl methyl sites for hydroxylation is 2. The molecule has 1 aromatic carbocycles. The van der Waals surface area contributed by atoms with Crippen LogP contribution in [0.3, 0.4) is 0 Å². The Kier molecular flexibility index (Phi) is 4.74. The lowest BCUT2D eigenvalue weighted by Crippen LogP contribution is -2.26. The number of aliphatic hydroxyl groups is 1. The second-order valence-electron chi connectivity index (χ2n) is 5.34. The van der Waals surface area contributed by atoms with Gasteiger partial charge in [-0.2, -0.15) is 5.10 Å². The summed E-state index contributed by atoms with van der Waals surface area (Å²) < 4.78 is 8.12. The van der Waals surface area contributed by atoms with E-state index in [1.54, 1.807) is 7.11 Å². The van der Waals surface area contributed by atoms with E-state index in [-0.39, 0.29) is 0 Å². The predicted molar refractivity (Wildman–Crippen MR) is 86.6 cm³/mol. The number of aromatic nitrogens is 2. The van der Waals surface area contributed by atoms with Crippen LogP contribution in [0.5, 0.6) is 5.75 Å². The fourth-order valence-electron chi connectivity index (χ4n) is 2.42. The van der Waals surface area contributed by atoms with Crippen LogP contribution >= 0.6 is 15.9 Å². The van der Waals surface area contributed by atoms with E-state index < -0.39 is 5.60 Å². The molecule has 0 bridgehead atoms. The molecule has 0 amide bonds. The zero-order valence-corrected chi connectivity index (χ0v) is 14.4. The molecule has 0 aliphatic rings. The number of nitrogens with zero attached hydrogens (tertiary/aromatic N) is 2. The van der Waals surface area contributed by atoms with Crippen molar-refractivity contribution < 1.29 is 9.84 Å². The van der Waals surface area contributed by atoms with Gasteiger partial charge < -0.3 is 9.84 Å². The van der Waals surface area contributed by atoms with E-state index in [0.29, 0.717) is 6.42 Å². The smallest absolute Gasteiger partial charge is 0.119 e. The lowest BCUT2D eigenvalue weighted by atomic mass is 9.91. The molecule has 0 radical (unpaired) electrons. The molecule has 2 aromatic rings. The Bertz CT molecular complexity index is 635. The molecule has 0 fully saturated rings. The summed E-state index contributed by atoms with van der Waals surface area (Å²) in [5.74, 6) is 0.743. The van der Waals surface area contributed by atoms with Gasteiger partial charge in [0.15, 0.2) is 0 Å². The van der Waals surface area contributed by atoms with Crippen LogP contribution < -0.4 is 4.74 Å². The van der Waals surface area contributed by atoms with Gasteiger partial charge in [0, 0.05) is 13.0 Å². The minimum atomic E-state index is -0.990. The highest BCUT2D eigenvalue weighted by Crippen LogP contribution is 2.31. The Labute approximate surface area is 133 Å². The van der Waals surface area contributed by atoms with Crippen molar-refractivity contribution in [2.24, 2.45) is 0 Å². The third-order valence-electron chi connectivity index (χ3n) is 3.66. The summed E-state index contributed by atoms with van der Waals surface area (Å²) in [6.07, 6.45) is 0.482. The molecule has 0 aliphatic heterocycles. The average Bonchev–Trinajstić information content (AvgIpc) is 2.74. The van der Waals surface area contributed by atoms with Crippen molar-refractivity contribution in [1.29, 1.82) is 0 Å². The fraction of sp³-hybridized carbons (Fsp3) is 0.438. The molecule has 2 rings (SSSR count). The van der Waals surface area contributed by atoms with Gasteiger partial charge in [0.1, 0.15) is 5.75 Å². The van der Waals surface area contributed by atoms with Crippen LogP contribution in [0.2, 0.25) is 0 Å². The predicted octanol–water partition coefficient (Wildman–Crippen LogP) is 3.43. The first-order valence-corrected chi connectivity index (χ1v) is 7.77. The largest absolute Gasteiger partial charge is 0.497 e. The van der Waals surface area contributed by atoms with E-state index in [1.165, 1.54) is 0 Å². The van der Waals surface area contributed by atoms with Crippen molar-refractivity contribution >= 4 is 15.9 Å². The van der Waals surface area contributed by atoms with E-state index in [4.69, 9.17) is 4.74 Å². The summed E-state index contributed by atoms with van der Waals surface area (Å²) >= 11 is 3.58. The highest BCUT2D eigenvalue weighted by Gasteiger charge is 2.28. The van der Waals surface area contributed by atoms with Crippen molar-refractivity contribution in [2.45, 2.75) is 39.3 Å². The SMILES string of the molecule is CCn1nc(C)c(Br)c1CC(C)(O)c1cccc(OC)c1. The quantitative estimate of drug-likeness (QED) is 0.896. The fourth-order valence-corrected chi connectivity index (χ4v) is 2.85. The molecule has 4 nitrogen and oxygen atoms in total. The van der Waals surface area contributed by atoms with E-state index >= 15 is 0 Å². The van der Waals surface area contributed by atoms with Crippen molar-refractivity contribution in [2.75, 3.05) is 7.11 Å². The van der Waals surface area contributed by atoms with Crippen LogP contribution in [-0.2, 0) is 18.6 Å². The lowest BCUT2D eigenvalue weighted by Gasteiger charge is -2.25. The van der Waals surface area contributed by atoms with Crippen LogP contribution in [0.15, 0.2) is 28.7 Å². The molecule has 1 heterocycles. The topological polar surface area (TPSA) is 47.3 Å². The number of halogens is 1. The second-order valence-corrected chi connectivity index (χ2v) is 6.14. The van der Waals surface area contributed by atoms with Crippen molar-refractivity contribution in [1.82, 2.24) is 9.78 Å². The van der Waals surface area contributed by atoms with Gasteiger partial charge in [0.05, 0.1) is 28.6 Å². The monoisotopic (exact) mass is 352 g/mol. The van der Waals surface area contributed by atoms with Gasteiger partial charge in [0.25, 0.3) is 0 Å². The van der Waals surface area contributed by atoms with Crippen molar-refractivity contribution in [3.8, 4) is 5.75 Å². The number of methoxy groups -OCH3 is 1.